The maximum absolute atomic E-state index is 10.9. The molecule has 102 valence electrons. The molecule has 2 heterocycles. The fourth-order valence-electron chi connectivity index (χ4n) is 1.90. The van der Waals surface area contributed by atoms with Crippen LogP contribution in [-0.2, 0) is 0 Å². The molecule has 20 heavy (non-hydrogen) atoms. The van der Waals surface area contributed by atoms with Crippen molar-refractivity contribution >= 4 is 17.1 Å². The quantitative estimate of drug-likeness (QED) is 0.792. The number of nitrogens with zero attached hydrogens (tertiary/aromatic N) is 3. The van der Waals surface area contributed by atoms with E-state index in [1.54, 1.807) is 16.9 Å². The number of carbonyl (C=O) groups is 1. The molecule has 3 rings (SSSR count). The van der Waals surface area contributed by atoms with Crippen LogP contribution >= 0.6 is 0 Å². The topological polar surface area (TPSA) is 81.2 Å². The molecule has 0 radical (unpaired) electrons. The van der Waals surface area contributed by atoms with Crippen LogP contribution in [-0.4, -0.2) is 25.8 Å². The number of benzene rings is 1. The summed E-state index contributed by atoms with van der Waals surface area (Å²) in [7, 11) is 0. The molecule has 0 atom stereocenters. The van der Waals surface area contributed by atoms with Crippen LogP contribution in [0.1, 0.15) is 35.8 Å². The van der Waals surface area contributed by atoms with Crippen LogP contribution in [0, 0.1) is 0 Å². The third kappa shape index (κ3) is 2.05. The summed E-state index contributed by atoms with van der Waals surface area (Å²) in [4.78, 5) is 15.2. The Kier molecular flexibility index (Phi) is 2.78. The second-order valence-electron chi connectivity index (χ2n) is 4.82. The smallest absolute Gasteiger partial charge is 0.335 e. The minimum absolute atomic E-state index is 0.170. The van der Waals surface area contributed by atoms with Gasteiger partial charge in [0.25, 0.3) is 0 Å². The second-order valence-corrected chi connectivity index (χ2v) is 4.82. The third-order valence-electron chi connectivity index (χ3n) is 3.02. The molecular weight excluding hydrogens is 258 g/mol. The first kappa shape index (κ1) is 12.4. The third-order valence-corrected chi connectivity index (χ3v) is 3.02. The normalized spacial score (nSPS) is 11.3. The van der Waals surface area contributed by atoms with Crippen LogP contribution in [0.5, 0.6) is 0 Å². The van der Waals surface area contributed by atoms with E-state index in [1.807, 2.05) is 6.07 Å². The van der Waals surface area contributed by atoms with E-state index < -0.39 is 5.97 Å². The van der Waals surface area contributed by atoms with Gasteiger partial charge in [-0.05, 0) is 30.2 Å². The minimum atomic E-state index is -0.994. The number of hydrogen-bond donors (Lipinski definition) is 1. The van der Waals surface area contributed by atoms with Crippen molar-refractivity contribution in [3.8, 4) is 6.01 Å². The number of aromatic nitrogens is 3. The predicted molar refractivity (Wildman–Crippen MR) is 72.2 cm³/mol. The maximum Gasteiger partial charge on any atom is 0.335 e. The van der Waals surface area contributed by atoms with E-state index in [-0.39, 0.29) is 5.56 Å². The van der Waals surface area contributed by atoms with E-state index in [9.17, 15) is 4.79 Å². The zero-order valence-electron chi connectivity index (χ0n) is 11.1. The van der Waals surface area contributed by atoms with Gasteiger partial charge in [0.15, 0.2) is 5.58 Å². The highest BCUT2D eigenvalue weighted by Crippen LogP contribution is 2.20. The van der Waals surface area contributed by atoms with Gasteiger partial charge in [-0.2, -0.15) is 14.8 Å². The second kappa shape index (κ2) is 4.48. The Morgan fingerprint density at radius 2 is 2.15 bits per heavy atom. The molecule has 0 aliphatic heterocycles. The molecule has 0 fully saturated rings. The van der Waals surface area contributed by atoms with Crippen molar-refractivity contribution in [1.29, 1.82) is 0 Å². The Morgan fingerprint density at radius 1 is 1.35 bits per heavy atom. The SMILES string of the molecule is CC(C)c1ccn(-c2nc3ccc(C(=O)O)cc3o2)n1. The van der Waals surface area contributed by atoms with E-state index in [1.165, 1.54) is 12.1 Å². The number of fused-ring (bicyclic) bond motifs is 1. The Bertz CT molecular complexity index is 786. The van der Waals surface area contributed by atoms with E-state index in [2.05, 4.69) is 23.9 Å². The fraction of sp³-hybridized carbons (Fsp3) is 0.214. The molecule has 0 aliphatic rings. The molecule has 0 amide bonds. The zero-order chi connectivity index (χ0) is 14.3. The molecule has 3 aromatic rings. The van der Waals surface area contributed by atoms with Crippen molar-refractivity contribution < 1.29 is 14.3 Å². The van der Waals surface area contributed by atoms with Gasteiger partial charge >= 0.3 is 12.0 Å². The first-order chi connectivity index (χ1) is 9.54. The van der Waals surface area contributed by atoms with E-state index >= 15 is 0 Å². The summed E-state index contributed by atoms with van der Waals surface area (Å²) in [6.07, 6.45) is 1.78. The summed E-state index contributed by atoms with van der Waals surface area (Å²) in [5, 5.41) is 13.3. The van der Waals surface area contributed by atoms with Crippen molar-refractivity contribution in [3.63, 3.8) is 0 Å². The molecule has 6 nitrogen and oxygen atoms in total. The van der Waals surface area contributed by atoms with Gasteiger partial charge in [0.2, 0.25) is 0 Å². The van der Waals surface area contributed by atoms with Crippen LogP contribution in [0.3, 0.4) is 0 Å². The monoisotopic (exact) mass is 271 g/mol. The van der Waals surface area contributed by atoms with Crippen molar-refractivity contribution in [2.24, 2.45) is 0 Å². The first-order valence-corrected chi connectivity index (χ1v) is 6.24. The Labute approximate surface area is 114 Å². The van der Waals surface area contributed by atoms with Gasteiger partial charge in [-0.3, -0.25) is 0 Å². The molecule has 0 unspecified atom stereocenters. The van der Waals surface area contributed by atoms with E-state index in [0.717, 1.165) is 5.69 Å². The number of oxazole rings is 1. The van der Waals surface area contributed by atoms with Crippen LogP contribution < -0.4 is 0 Å². The summed E-state index contributed by atoms with van der Waals surface area (Å²) < 4.78 is 7.12. The molecule has 0 spiro atoms. The average Bonchev–Trinajstić information content (AvgIpc) is 3.04. The van der Waals surface area contributed by atoms with Crippen molar-refractivity contribution in [2.75, 3.05) is 0 Å². The lowest BCUT2D eigenvalue weighted by Gasteiger charge is -1.97. The Balaban J connectivity index is 2.05. The van der Waals surface area contributed by atoms with Gasteiger partial charge in [-0.1, -0.05) is 13.8 Å². The highest BCUT2D eigenvalue weighted by Gasteiger charge is 2.12. The van der Waals surface area contributed by atoms with Gasteiger partial charge in [-0.25, -0.2) is 4.79 Å². The Morgan fingerprint density at radius 3 is 2.80 bits per heavy atom. The molecule has 1 aromatic carbocycles. The molecule has 0 saturated heterocycles. The number of rotatable bonds is 3. The molecule has 6 heteroatoms. The van der Waals surface area contributed by atoms with Crippen molar-refractivity contribution in [1.82, 2.24) is 14.8 Å². The van der Waals surface area contributed by atoms with E-state index in [0.29, 0.717) is 23.0 Å². The maximum atomic E-state index is 10.9. The minimum Gasteiger partial charge on any atom is -0.478 e. The van der Waals surface area contributed by atoms with Gasteiger partial charge in [0.05, 0.1) is 11.3 Å². The summed E-state index contributed by atoms with van der Waals surface area (Å²) in [6.45, 7) is 4.11. The van der Waals surface area contributed by atoms with Gasteiger partial charge in [-0.15, -0.1) is 0 Å². The largest absolute Gasteiger partial charge is 0.478 e. The fourth-order valence-corrected chi connectivity index (χ4v) is 1.90. The van der Waals surface area contributed by atoms with Crippen LogP contribution in [0.4, 0.5) is 0 Å². The molecule has 0 saturated carbocycles. The number of aromatic carboxylic acids is 1. The van der Waals surface area contributed by atoms with Gasteiger partial charge in [0, 0.05) is 6.20 Å². The highest BCUT2D eigenvalue weighted by molar-refractivity contribution is 5.91. The van der Waals surface area contributed by atoms with Crippen molar-refractivity contribution in [3.05, 3.63) is 41.7 Å². The van der Waals surface area contributed by atoms with Gasteiger partial charge in [0.1, 0.15) is 5.52 Å². The van der Waals surface area contributed by atoms with Crippen molar-refractivity contribution in [2.45, 2.75) is 19.8 Å². The molecule has 2 aromatic heterocycles. The summed E-state index contributed by atoms with van der Waals surface area (Å²) in [5.41, 5.74) is 2.15. The number of carboxylic acid groups (broad SMARTS) is 1. The summed E-state index contributed by atoms with van der Waals surface area (Å²) in [5.74, 6) is -0.676. The zero-order valence-corrected chi connectivity index (χ0v) is 11.1. The summed E-state index contributed by atoms with van der Waals surface area (Å²) >= 11 is 0. The first-order valence-electron chi connectivity index (χ1n) is 6.24. The average molecular weight is 271 g/mol. The predicted octanol–water partition coefficient (Wildman–Crippen LogP) is 2.84. The lowest BCUT2D eigenvalue weighted by Crippen LogP contribution is -1.97. The number of carboxylic acids is 1. The molecule has 0 bridgehead atoms. The highest BCUT2D eigenvalue weighted by atomic mass is 16.4. The lowest BCUT2D eigenvalue weighted by atomic mass is 10.1. The molecule has 1 N–H and O–H groups in total. The van der Waals surface area contributed by atoms with Crippen LogP contribution in [0.2, 0.25) is 0 Å². The van der Waals surface area contributed by atoms with Crippen LogP contribution in [0.15, 0.2) is 34.9 Å². The summed E-state index contributed by atoms with van der Waals surface area (Å²) in [6, 6.07) is 6.82. The van der Waals surface area contributed by atoms with E-state index in [4.69, 9.17) is 9.52 Å². The van der Waals surface area contributed by atoms with Gasteiger partial charge < -0.3 is 9.52 Å². The Hall–Kier alpha value is -2.63. The number of hydrogen-bond acceptors (Lipinski definition) is 4. The molecule has 0 aliphatic carbocycles. The molecular formula is C14H13N3O3. The standard InChI is InChI=1S/C14H13N3O3/c1-8(2)10-5-6-17(16-10)14-15-11-4-3-9(13(18)19)7-12(11)20-14/h3-8H,1-2H3,(H,18,19). The van der Waals surface area contributed by atoms with Crippen LogP contribution in [0.25, 0.3) is 17.1 Å². The lowest BCUT2D eigenvalue weighted by molar-refractivity contribution is 0.0697.